The summed E-state index contributed by atoms with van der Waals surface area (Å²) in [5.74, 6) is 0.176. The highest BCUT2D eigenvalue weighted by Gasteiger charge is 2.32. The van der Waals surface area contributed by atoms with Crippen LogP contribution in [0.1, 0.15) is 26.7 Å². The summed E-state index contributed by atoms with van der Waals surface area (Å²) in [6.45, 7) is 4.48. The van der Waals surface area contributed by atoms with E-state index in [0.29, 0.717) is 38.4 Å². The van der Waals surface area contributed by atoms with E-state index in [-0.39, 0.29) is 12.5 Å². The number of amides is 1. The molecule has 1 amide bonds. The van der Waals surface area contributed by atoms with Gasteiger partial charge < -0.3 is 10.6 Å². The molecule has 20 heavy (non-hydrogen) atoms. The fourth-order valence-electron chi connectivity index (χ4n) is 2.45. The Kier molecular flexibility index (Phi) is 6.26. The highest BCUT2D eigenvalue weighted by molar-refractivity contribution is 5.81. The molecule has 0 bridgehead atoms. The van der Waals surface area contributed by atoms with Crippen LogP contribution in [0.25, 0.3) is 0 Å². The first-order valence-corrected chi connectivity index (χ1v) is 7.02. The summed E-state index contributed by atoms with van der Waals surface area (Å²) in [6, 6.07) is -0.552. The number of halogens is 3. The standard InChI is InChI=1S/C13H24F3N3O/c1-10(2)8-11(17)12(20)19-5-3-4-18(6-7-19)9-13(14,15)16/h10-11H,3-9,17H2,1-2H3/t11-/m0/s1. The lowest BCUT2D eigenvalue weighted by Crippen LogP contribution is -2.46. The third-order valence-electron chi connectivity index (χ3n) is 3.35. The predicted octanol–water partition coefficient (Wildman–Crippen LogP) is 1.46. The molecule has 4 nitrogen and oxygen atoms in total. The molecule has 0 saturated carbocycles. The molecule has 118 valence electrons. The van der Waals surface area contributed by atoms with E-state index in [9.17, 15) is 18.0 Å². The van der Waals surface area contributed by atoms with E-state index < -0.39 is 18.8 Å². The molecule has 1 fully saturated rings. The van der Waals surface area contributed by atoms with Crippen LogP contribution in [0.2, 0.25) is 0 Å². The Morgan fingerprint density at radius 2 is 1.85 bits per heavy atom. The van der Waals surface area contributed by atoms with Crippen molar-refractivity contribution >= 4 is 5.91 Å². The SMILES string of the molecule is CC(C)C[C@H](N)C(=O)N1CCCN(CC(F)(F)F)CC1. The van der Waals surface area contributed by atoms with E-state index in [1.54, 1.807) is 4.90 Å². The van der Waals surface area contributed by atoms with Crippen LogP contribution in [0.15, 0.2) is 0 Å². The van der Waals surface area contributed by atoms with Crippen LogP contribution in [-0.2, 0) is 4.79 Å². The van der Waals surface area contributed by atoms with Crippen molar-refractivity contribution in [1.29, 1.82) is 0 Å². The molecule has 0 spiro atoms. The van der Waals surface area contributed by atoms with Gasteiger partial charge in [0.2, 0.25) is 5.91 Å². The first-order chi connectivity index (χ1) is 9.19. The quantitative estimate of drug-likeness (QED) is 0.854. The number of hydrogen-bond acceptors (Lipinski definition) is 3. The zero-order chi connectivity index (χ0) is 15.3. The lowest BCUT2D eigenvalue weighted by molar-refractivity contribution is -0.145. The van der Waals surface area contributed by atoms with Crippen molar-refractivity contribution in [3.05, 3.63) is 0 Å². The van der Waals surface area contributed by atoms with E-state index >= 15 is 0 Å². The molecule has 0 aromatic heterocycles. The van der Waals surface area contributed by atoms with Crippen molar-refractivity contribution in [2.45, 2.75) is 38.9 Å². The maximum atomic E-state index is 12.4. The van der Waals surface area contributed by atoms with Crippen molar-refractivity contribution in [2.75, 3.05) is 32.7 Å². The number of nitrogens with zero attached hydrogens (tertiary/aromatic N) is 2. The van der Waals surface area contributed by atoms with Crippen LogP contribution in [0.5, 0.6) is 0 Å². The van der Waals surface area contributed by atoms with E-state index in [1.165, 1.54) is 4.90 Å². The minimum absolute atomic E-state index is 0.146. The summed E-state index contributed by atoms with van der Waals surface area (Å²) >= 11 is 0. The molecule has 0 aromatic carbocycles. The second-order valence-electron chi connectivity index (χ2n) is 5.81. The minimum atomic E-state index is -4.19. The molecule has 1 rings (SSSR count). The van der Waals surface area contributed by atoms with E-state index in [4.69, 9.17) is 5.73 Å². The van der Waals surface area contributed by atoms with Crippen LogP contribution >= 0.6 is 0 Å². The Labute approximate surface area is 118 Å². The number of alkyl halides is 3. The molecule has 1 aliphatic rings. The van der Waals surface area contributed by atoms with Gasteiger partial charge in [0.05, 0.1) is 12.6 Å². The van der Waals surface area contributed by atoms with Gasteiger partial charge >= 0.3 is 6.18 Å². The minimum Gasteiger partial charge on any atom is -0.340 e. The average Bonchev–Trinajstić information content (AvgIpc) is 2.50. The van der Waals surface area contributed by atoms with Crippen LogP contribution in [-0.4, -0.2) is 60.6 Å². The van der Waals surface area contributed by atoms with E-state index in [0.717, 1.165) is 0 Å². The molecule has 0 aliphatic carbocycles. The van der Waals surface area contributed by atoms with Gasteiger partial charge in [-0.3, -0.25) is 9.69 Å². The number of nitrogens with two attached hydrogens (primary N) is 1. The fraction of sp³-hybridized carbons (Fsp3) is 0.923. The topological polar surface area (TPSA) is 49.6 Å². The molecule has 0 unspecified atom stereocenters. The molecule has 0 aromatic rings. The summed E-state index contributed by atoms with van der Waals surface area (Å²) in [5.41, 5.74) is 5.85. The van der Waals surface area contributed by atoms with Gasteiger partial charge in [-0.2, -0.15) is 13.2 Å². The predicted molar refractivity (Wildman–Crippen MR) is 71.1 cm³/mol. The molecule has 0 radical (unpaired) electrons. The van der Waals surface area contributed by atoms with E-state index in [2.05, 4.69) is 0 Å². The molecular weight excluding hydrogens is 271 g/mol. The summed E-state index contributed by atoms with van der Waals surface area (Å²) in [7, 11) is 0. The lowest BCUT2D eigenvalue weighted by Gasteiger charge is -2.25. The first-order valence-electron chi connectivity index (χ1n) is 7.02. The van der Waals surface area contributed by atoms with Crippen molar-refractivity contribution in [2.24, 2.45) is 11.7 Å². The Balaban J connectivity index is 2.49. The third-order valence-corrected chi connectivity index (χ3v) is 3.35. The third kappa shape index (κ3) is 6.09. The Bertz CT molecular complexity index is 320. The number of carbonyl (C=O) groups excluding carboxylic acids is 1. The summed E-state index contributed by atoms with van der Waals surface area (Å²) in [6.07, 6.45) is -3.04. The highest BCUT2D eigenvalue weighted by atomic mass is 19.4. The number of rotatable bonds is 4. The summed E-state index contributed by atoms with van der Waals surface area (Å²) in [4.78, 5) is 15.1. The van der Waals surface area contributed by atoms with Gasteiger partial charge in [-0.05, 0) is 18.8 Å². The highest BCUT2D eigenvalue weighted by Crippen LogP contribution is 2.18. The van der Waals surface area contributed by atoms with E-state index in [1.807, 2.05) is 13.8 Å². The number of carbonyl (C=O) groups is 1. The van der Waals surface area contributed by atoms with Crippen molar-refractivity contribution < 1.29 is 18.0 Å². The molecule has 1 aliphatic heterocycles. The second kappa shape index (κ2) is 7.26. The van der Waals surface area contributed by atoms with Gasteiger partial charge in [0.15, 0.2) is 0 Å². The molecule has 1 atom stereocenters. The van der Waals surface area contributed by atoms with Crippen molar-refractivity contribution in [3.63, 3.8) is 0 Å². The molecule has 7 heteroatoms. The van der Waals surface area contributed by atoms with Crippen molar-refractivity contribution in [3.8, 4) is 0 Å². The summed E-state index contributed by atoms with van der Waals surface area (Å²) in [5, 5.41) is 0. The van der Waals surface area contributed by atoms with Gasteiger partial charge in [0, 0.05) is 26.2 Å². The monoisotopic (exact) mass is 295 g/mol. The largest absolute Gasteiger partial charge is 0.401 e. The van der Waals surface area contributed by atoms with Gasteiger partial charge in [-0.15, -0.1) is 0 Å². The van der Waals surface area contributed by atoms with Gasteiger partial charge in [-0.1, -0.05) is 13.8 Å². The fourth-order valence-corrected chi connectivity index (χ4v) is 2.45. The van der Waals surface area contributed by atoms with Gasteiger partial charge in [-0.25, -0.2) is 0 Å². The smallest absolute Gasteiger partial charge is 0.340 e. The normalized spacial score (nSPS) is 20.1. The zero-order valence-corrected chi connectivity index (χ0v) is 12.1. The summed E-state index contributed by atoms with van der Waals surface area (Å²) < 4.78 is 37.1. The van der Waals surface area contributed by atoms with Gasteiger partial charge in [0.1, 0.15) is 0 Å². The Hall–Kier alpha value is -0.820. The van der Waals surface area contributed by atoms with Crippen LogP contribution in [0.4, 0.5) is 13.2 Å². The van der Waals surface area contributed by atoms with Crippen molar-refractivity contribution in [1.82, 2.24) is 9.80 Å². The van der Waals surface area contributed by atoms with Crippen LogP contribution in [0, 0.1) is 5.92 Å². The molecule has 2 N–H and O–H groups in total. The average molecular weight is 295 g/mol. The first kappa shape index (κ1) is 17.2. The number of hydrogen-bond donors (Lipinski definition) is 1. The van der Waals surface area contributed by atoms with Crippen LogP contribution < -0.4 is 5.73 Å². The Morgan fingerprint density at radius 3 is 2.40 bits per heavy atom. The van der Waals surface area contributed by atoms with Crippen LogP contribution in [0.3, 0.4) is 0 Å². The zero-order valence-electron chi connectivity index (χ0n) is 12.1. The van der Waals surface area contributed by atoms with Gasteiger partial charge in [0.25, 0.3) is 0 Å². The maximum absolute atomic E-state index is 12.4. The molecular formula is C13H24F3N3O. The maximum Gasteiger partial charge on any atom is 0.401 e. The lowest BCUT2D eigenvalue weighted by atomic mass is 10.0. The molecule has 1 heterocycles. The Morgan fingerprint density at radius 1 is 1.20 bits per heavy atom. The molecule has 1 saturated heterocycles. The second-order valence-corrected chi connectivity index (χ2v) is 5.81.